The second kappa shape index (κ2) is 4.81. The molecular weight excluding hydrogens is 254 g/mol. The molecule has 7 heteroatoms. The summed E-state index contributed by atoms with van der Waals surface area (Å²) in [7, 11) is 3.50. The summed E-state index contributed by atoms with van der Waals surface area (Å²) in [5.41, 5.74) is 2.12. The first-order chi connectivity index (χ1) is 8.52. The van der Waals surface area contributed by atoms with Crippen LogP contribution >= 0.6 is 11.6 Å². The first-order valence-corrected chi connectivity index (χ1v) is 5.83. The second-order valence-corrected chi connectivity index (χ2v) is 4.33. The van der Waals surface area contributed by atoms with Gasteiger partial charge in [0.05, 0.1) is 24.1 Å². The number of halogens is 1. The van der Waals surface area contributed by atoms with Crippen LogP contribution in [0, 0.1) is 6.92 Å². The van der Waals surface area contributed by atoms with Gasteiger partial charge in [-0.3, -0.25) is 9.48 Å². The molecule has 0 unspecified atom stereocenters. The van der Waals surface area contributed by atoms with Gasteiger partial charge in [-0.25, -0.2) is 4.68 Å². The van der Waals surface area contributed by atoms with E-state index in [2.05, 4.69) is 15.5 Å². The van der Waals surface area contributed by atoms with Crippen LogP contribution in [0.25, 0.3) is 0 Å². The van der Waals surface area contributed by atoms with Crippen LogP contribution < -0.4 is 10.9 Å². The molecule has 0 aliphatic heterocycles. The van der Waals surface area contributed by atoms with E-state index in [-0.39, 0.29) is 5.56 Å². The summed E-state index contributed by atoms with van der Waals surface area (Å²) in [6.45, 7) is 2.18. The standard InChI is InChI=1S/C11H14ClN5O/c1-7-9(11(12)16(3)15-7)6-17-10(18)4-8(13-2)5-14-17/h4-5,13H,6H2,1-3H3. The molecule has 0 aromatic carbocycles. The number of aromatic nitrogens is 4. The van der Waals surface area contributed by atoms with Crippen LogP contribution in [0.3, 0.4) is 0 Å². The van der Waals surface area contributed by atoms with Crippen molar-refractivity contribution in [3.63, 3.8) is 0 Å². The molecule has 18 heavy (non-hydrogen) atoms. The summed E-state index contributed by atoms with van der Waals surface area (Å²) in [5, 5.41) is 11.7. The Labute approximate surface area is 109 Å². The predicted octanol–water partition coefficient (Wildman–Crippen LogP) is 1.03. The van der Waals surface area contributed by atoms with E-state index in [1.807, 2.05) is 6.92 Å². The molecule has 0 fully saturated rings. The molecule has 0 amide bonds. The highest BCUT2D eigenvalue weighted by Crippen LogP contribution is 2.18. The summed E-state index contributed by atoms with van der Waals surface area (Å²) >= 11 is 6.12. The minimum atomic E-state index is -0.179. The van der Waals surface area contributed by atoms with Crippen LogP contribution in [-0.2, 0) is 13.6 Å². The minimum absolute atomic E-state index is 0.179. The van der Waals surface area contributed by atoms with Gasteiger partial charge in [-0.1, -0.05) is 11.6 Å². The number of aryl methyl sites for hydroxylation is 2. The quantitative estimate of drug-likeness (QED) is 0.902. The van der Waals surface area contributed by atoms with Gasteiger partial charge in [-0.15, -0.1) is 0 Å². The van der Waals surface area contributed by atoms with Crippen LogP contribution in [0.4, 0.5) is 5.69 Å². The van der Waals surface area contributed by atoms with Gasteiger partial charge in [0.2, 0.25) is 0 Å². The van der Waals surface area contributed by atoms with Gasteiger partial charge in [0.25, 0.3) is 5.56 Å². The molecule has 2 aromatic heterocycles. The van der Waals surface area contributed by atoms with E-state index >= 15 is 0 Å². The molecule has 0 spiro atoms. The normalized spacial score (nSPS) is 10.7. The van der Waals surface area contributed by atoms with Gasteiger partial charge in [-0.2, -0.15) is 10.2 Å². The van der Waals surface area contributed by atoms with E-state index in [0.29, 0.717) is 17.4 Å². The van der Waals surface area contributed by atoms with Crippen LogP contribution in [0.2, 0.25) is 5.15 Å². The lowest BCUT2D eigenvalue weighted by molar-refractivity contribution is 0.637. The van der Waals surface area contributed by atoms with Gasteiger partial charge in [0, 0.05) is 25.7 Å². The zero-order chi connectivity index (χ0) is 13.3. The molecule has 0 radical (unpaired) electrons. The third-order valence-corrected chi connectivity index (χ3v) is 3.21. The van der Waals surface area contributed by atoms with Crippen molar-refractivity contribution < 1.29 is 0 Å². The largest absolute Gasteiger partial charge is 0.387 e. The van der Waals surface area contributed by atoms with Crippen molar-refractivity contribution in [2.24, 2.45) is 7.05 Å². The van der Waals surface area contributed by atoms with Gasteiger partial charge in [-0.05, 0) is 6.92 Å². The molecule has 0 saturated carbocycles. The molecule has 2 aromatic rings. The lowest BCUT2D eigenvalue weighted by Crippen LogP contribution is -2.23. The fourth-order valence-electron chi connectivity index (χ4n) is 1.69. The molecular formula is C11H14ClN5O. The van der Waals surface area contributed by atoms with Crippen LogP contribution in [0.5, 0.6) is 0 Å². The highest BCUT2D eigenvalue weighted by molar-refractivity contribution is 6.30. The maximum absolute atomic E-state index is 11.8. The smallest absolute Gasteiger partial charge is 0.269 e. The van der Waals surface area contributed by atoms with E-state index in [4.69, 9.17) is 11.6 Å². The van der Waals surface area contributed by atoms with Gasteiger partial charge in [0.15, 0.2) is 0 Å². The molecule has 2 rings (SSSR count). The summed E-state index contributed by atoms with van der Waals surface area (Å²) in [6.07, 6.45) is 1.60. The van der Waals surface area contributed by atoms with Gasteiger partial charge < -0.3 is 5.32 Å². The number of nitrogens with zero attached hydrogens (tertiary/aromatic N) is 4. The Balaban J connectivity index is 2.37. The van der Waals surface area contributed by atoms with Crippen molar-refractivity contribution in [3.8, 4) is 0 Å². The monoisotopic (exact) mass is 267 g/mol. The van der Waals surface area contributed by atoms with Crippen LogP contribution in [-0.4, -0.2) is 26.6 Å². The van der Waals surface area contributed by atoms with Crippen LogP contribution in [0.1, 0.15) is 11.3 Å². The average Bonchev–Trinajstić information content (AvgIpc) is 2.58. The summed E-state index contributed by atoms with van der Waals surface area (Å²) < 4.78 is 2.94. The van der Waals surface area contributed by atoms with E-state index in [1.165, 1.54) is 10.7 Å². The molecule has 0 bridgehead atoms. The van der Waals surface area contributed by atoms with Crippen molar-refractivity contribution in [1.29, 1.82) is 0 Å². The number of nitrogens with one attached hydrogen (secondary N) is 1. The fraction of sp³-hybridized carbons (Fsp3) is 0.364. The topological polar surface area (TPSA) is 64.7 Å². The van der Waals surface area contributed by atoms with Gasteiger partial charge >= 0.3 is 0 Å². The Hall–Kier alpha value is -1.82. The Morgan fingerprint density at radius 1 is 1.50 bits per heavy atom. The Kier molecular flexibility index (Phi) is 3.38. The summed E-state index contributed by atoms with van der Waals surface area (Å²) in [4.78, 5) is 11.8. The summed E-state index contributed by atoms with van der Waals surface area (Å²) in [5.74, 6) is 0. The van der Waals surface area contributed by atoms with Crippen molar-refractivity contribution in [3.05, 3.63) is 39.0 Å². The Bertz CT molecular complexity index is 631. The molecule has 0 atom stereocenters. The second-order valence-electron chi connectivity index (χ2n) is 3.97. The molecule has 96 valence electrons. The predicted molar refractivity (Wildman–Crippen MR) is 70.1 cm³/mol. The maximum Gasteiger partial charge on any atom is 0.269 e. The van der Waals surface area contributed by atoms with E-state index in [1.54, 1.807) is 25.0 Å². The van der Waals surface area contributed by atoms with Crippen LogP contribution in [0.15, 0.2) is 17.1 Å². The first kappa shape index (κ1) is 12.6. The maximum atomic E-state index is 11.8. The first-order valence-electron chi connectivity index (χ1n) is 5.46. The third kappa shape index (κ3) is 2.24. The zero-order valence-corrected chi connectivity index (χ0v) is 11.2. The van der Waals surface area contributed by atoms with Crippen molar-refractivity contribution >= 4 is 17.3 Å². The van der Waals surface area contributed by atoms with Crippen molar-refractivity contribution in [1.82, 2.24) is 19.6 Å². The summed E-state index contributed by atoms with van der Waals surface area (Å²) in [6, 6.07) is 1.49. The number of anilines is 1. The number of hydrogen-bond donors (Lipinski definition) is 1. The van der Waals surface area contributed by atoms with E-state index in [0.717, 1.165) is 11.3 Å². The Morgan fingerprint density at radius 3 is 2.72 bits per heavy atom. The highest BCUT2D eigenvalue weighted by atomic mass is 35.5. The molecule has 2 heterocycles. The number of rotatable bonds is 3. The highest BCUT2D eigenvalue weighted by Gasteiger charge is 2.12. The van der Waals surface area contributed by atoms with Gasteiger partial charge in [0.1, 0.15) is 5.15 Å². The lowest BCUT2D eigenvalue weighted by Gasteiger charge is -2.05. The number of hydrogen-bond acceptors (Lipinski definition) is 4. The zero-order valence-electron chi connectivity index (χ0n) is 10.4. The van der Waals surface area contributed by atoms with E-state index < -0.39 is 0 Å². The van der Waals surface area contributed by atoms with Crippen molar-refractivity contribution in [2.75, 3.05) is 12.4 Å². The van der Waals surface area contributed by atoms with Crippen molar-refractivity contribution in [2.45, 2.75) is 13.5 Å². The minimum Gasteiger partial charge on any atom is -0.387 e. The molecule has 0 aliphatic carbocycles. The molecule has 0 aliphatic rings. The van der Waals surface area contributed by atoms with E-state index in [9.17, 15) is 4.79 Å². The Morgan fingerprint density at radius 2 is 2.22 bits per heavy atom. The SMILES string of the molecule is CNc1cnn(Cc2c(C)nn(C)c2Cl)c(=O)c1. The third-order valence-electron chi connectivity index (χ3n) is 2.74. The fourth-order valence-corrected chi connectivity index (χ4v) is 1.93. The molecule has 1 N–H and O–H groups in total. The molecule has 0 saturated heterocycles. The molecule has 6 nitrogen and oxygen atoms in total. The lowest BCUT2D eigenvalue weighted by atomic mass is 10.2. The average molecular weight is 268 g/mol.